The van der Waals surface area contributed by atoms with E-state index in [1.165, 1.54) is 11.4 Å². The number of likely N-dealkylation sites (tertiary alicyclic amines) is 1. The number of amides is 1. The van der Waals surface area contributed by atoms with Gasteiger partial charge in [0.15, 0.2) is 0 Å². The molecule has 0 N–H and O–H groups in total. The van der Waals surface area contributed by atoms with Gasteiger partial charge in [0, 0.05) is 61.7 Å². The second kappa shape index (κ2) is 6.21. The zero-order valence-electron chi connectivity index (χ0n) is 14.9. The van der Waals surface area contributed by atoms with Crippen LogP contribution in [0.25, 0.3) is 0 Å². The Morgan fingerprint density at radius 1 is 1.08 bits per heavy atom. The minimum Gasteiger partial charge on any atom is -0.349 e. The Morgan fingerprint density at radius 2 is 1.84 bits per heavy atom. The third-order valence-electron chi connectivity index (χ3n) is 5.80. The van der Waals surface area contributed by atoms with E-state index in [4.69, 9.17) is 0 Å². The van der Waals surface area contributed by atoms with E-state index in [1.807, 2.05) is 21.6 Å². The Morgan fingerprint density at radius 3 is 2.60 bits per heavy atom. The van der Waals surface area contributed by atoms with Gasteiger partial charge in [0.1, 0.15) is 0 Å². The number of piperidine rings is 1. The van der Waals surface area contributed by atoms with Crippen LogP contribution in [-0.2, 0) is 17.9 Å². The molecule has 5 nitrogen and oxygen atoms in total. The number of rotatable bonds is 3. The van der Waals surface area contributed by atoms with Crippen LogP contribution < -0.4 is 5.56 Å². The molecule has 2 aliphatic rings. The van der Waals surface area contributed by atoms with Crippen molar-refractivity contribution in [2.75, 3.05) is 13.1 Å². The molecule has 2 aromatic rings. The highest BCUT2D eigenvalue weighted by Crippen LogP contribution is 2.35. The standard InChI is InChI=1S/C20H25N3O2/c1-14-6-7-15(2)22(14)9-8-19(24)21-11-16-10-17(13-21)18-4-3-5-20(25)23(18)12-16/h3-7,16-17H,8-13H2,1-2H3. The number of pyridine rings is 1. The maximum Gasteiger partial charge on any atom is 0.250 e. The van der Waals surface area contributed by atoms with Crippen LogP contribution in [0.1, 0.15) is 35.8 Å². The lowest BCUT2D eigenvalue weighted by Gasteiger charge is -2.42. The second-order valence-corrected chi connectivity index (χ2v) is 7.51. The van der Waals surface area contributed by atoms with Gasteiger partial charge in [-0.05, 0) is 44.4 Å². The smallest absolute Gasteiger partial charge is 0.250 e. The van der Waals surface area contributed by atoms with Crippen molar-refractivity contribution in [3.63, 3.8) is 0 Å². The maximum absolute atomic E-state index is 12.8. The molecule has 2 bridgehead atoms. The Kier molecular flexibility index (Phi) is 4.02. The van der Waals surface area contributed by atoms with Crippen molar-refractivity contribution in [2.24, 2.45) is 5.92 Å². The number of aromatic nitrogens is 2. The topological polar surface area (TPSA) is 47.2 Å². The summed E-state index contributed by atoms with van der Waals surface area (Å²) < 4.78 is 4.12. The summed E-state index contributed by atoms with van der Waals surface area (Å²) in [6.07, 6.45) is 1.63. The van der Waals surface area contributed by atoms with Crippen molar-refractivity contribution in [1.29, 1.82) is 0 Å². The van der Waals surface area contributed by atoms with Crippen molar-refractivity contribution in [3.05, 3.63) is 57.8 Å². The number of hydrogen-bond donors (Lipinski definition) is 0. The number of fused-ring (bicyclic) bond motifs is 4. The number of hydrogen-bond acceptors (Lipinski definition) is 2. The molecule has 2 aliphatic heterocycles. The molecule has 0 radical (unpaired) electrons. The van der Waals surface area contributed by atoms with E-state index in [9.17, 15) is 9.59 Å². The summed E-state index contributed by atoms with van der Waals surface area (Å²) in [6.45, 7) is 7.16. The lowest BCUT2D eigenvalue weighted by Crippen LogP contribution is -2.49. The molecule has 2 aromatic heterocycles. The lowest BCUT2D eigenvalue weighted by molar-refractivity contribution is -0.134. The zero-order valence-corrected chi connectivity index (χ0v) is 14.9. The first-order valence-electron chi connectivity index (χ1n) is 9.13. The molecule has 4 rings (SSSR count). The molecule has 5 heteroatoms. The SMILES string of the molecule is Cc1ccc(C)n1CCC(=O)N1CC2CC(C1)c1cccc(=O)n1C2. The van der Waals surface area contributed by atoms with Crippen LogP contribution >= 0.6 is 0 Å². The Hall–Kier alpha value is -2.30. The summed E-state index contributed by atoms with van der Waals surface area (Å²) in [7, 11) is 0. The third kappa shape index (κ3) is 2.92. The lowest BCUT2D eigenvalue weighted by atomic mass is 9.83. The van der Waals surface area contributed by atoms with Gasteiger partial charge in [0.05, 0.1) is 0 Å². The summed E-state index contributed by atoms with van der Waals surface area (Å²) in [5, 5.41) is 0. The number of carbonyl (C=O) groups excluding carboxylic acids is 1. The Bertz CT molecular complexity index is 845. The minimum atomic E-state index is 0.0885. The monoisotopic (exact) mass is 339 g/mol. The summed E-state index contributed by atoms with van der Waals surface area (Å²) >= 11 is 0. The molecule has 2 unspecified atom stereocenters. The molecule has 2 atom stereocenters. The van der Waals surface area contributed by atoms with E-state index in [0.29, 0.717) is 18.3 Å². The quantitative estimate of drug-likeness (QED) is 0.861. The molecular weight excluding hydrogens is 314 g/mol. The van der Waals surface area contributed by atoms with Gasteiger partial charge in [-0.2, -0.15) is 0 Å². The van der Waals surface area contributed by atoms with Gasteiger partial charge in [-0.3, -0.25) is 9.59 Å². The van der Waals surface area contributed by atoms with Crippen LogP contribution in [0.15, 0.2) is 35.1 Å². The summed E-state index contributed by atoms with van der Waals surface area (Å²) in [5.41, 5.74) is 3.59. The summed E-state index contributed by atoms with van der Waals surface area (Å²) in [5.74, 6) is 0.916. The van der Waals surface area contributed by atoms with Gasteiger partial charge < -0.3 is 14.0 Å². The Labute approximate surface area is 147 Å². The van der Waals surface area contributed by atoms with Gasteiger partial charge in [-0.15, -0.1) is 0 Å². The second-order valence-electron chi connectivity index (χ2n) is 7.51. The fraction of sp³-hybridized carbons (Fsp3) is 0.500. The van der Waals surface area contributed by atoms with Crippen LogP contribution in [-0.4, -0.2) is 33.0 Å². The van der Waals surface area contributed by atoms with Gasteiger partial charge in [0.25, 0.3) is 5.56 Å². The van der Waals surface area contributed by atoms with E-state index in [2.05, 4.69) is 30.5 Å². The van der Waals surface area contributed by atoms with Gasteiger partial charge in [0.2, 0.25) is 5.91 Å². The molecule has 4 heterocycles. The largest absolute Gasteiger partial charge is 0.349 e. The molecule has 132 valence electrons. The molecule has 0 aliphatic carbocycles. The van der Waals surface area contributed by atoms with Crippen molar-refractivity contribution in [1.82, 2.24) is 14.0 Å². The highest BCUT2D eigenvalue weighted by atomic mass is 16.2. The predicted molar refractivity (Wildman–Crippen MR) is 96.7 cm³/mol. The fourth-order valence-electron chi connectivity index (χ4n) is 4.52. The summed E-state index contributed by atoms with van der Waals surface area (Å²) in [6, 6.07) is 9.71. The van der Waals surface area contributed by atoms with E-state index in [-0.39, 0.29) is 11.5 Å². The number of aryl methyl sites for hydroxylation is 2. The Balaban J connectivity index is 1.47. The molecule has 1 saturated heterocycles. The van der Waals surface area contributed by atoms with Gasteiger partial charge in [-0.1, -0.05) is 6.07 Å². The summed E-state index contributed by atoms with van der Waals surface area (Å²) in [4.78, 5) is 26.9. The molecular formula is C20H25N3O2. The fourth-order valence-corrected chi connectivity index (χ4v) is 4.52. The molecule has 0 saturated carbocycles. The van der Waals surface area contributed by atoms with Gasteiger partial charge >= 0.3 is 0 Å². The van der Waals surface area contributed by atoms with Crippen LogP contribution in [0, 0.1) is 19.8 Å². The van der Waals surface area contributed by atoms with Crippen molar-refractivity contribution in [2.45, 2.75) is 45.7 Å². The van der Waals surface area contributed by atoms with Crippen molar-refractivity contribution in [3.8, 4) is 0 Å². The molecule has 25 heavy (non-hydrogen) atoms. The minimum absolute atomic E-state index is 0.0885. The molecule has 0 spiro atoms. The van der Waals surface area contributed by atoms with Gasteiger partial charge in [-0.25, -0.2) is 0 Å². The van der Waals surface area contributed by atoms with E-state index in [1.54, 1.807) is 6.07 Å². The van der Waals surface area contributed by atoms with E-state index in [0.717, 1.165) is 38.3 Å². The predicted octanol–water partition coefficient (Wildman–Crippen LogP) is 2.30. The molecule has 0 aromatic carbocycles. The number of nitrogens with zero attached hydrogens (tertiary/aromatic N) is 3. The maximum atomic E-state index is 12.8. The first-order valence-corrected chi connectivity index (χ1v) is 9.13. The molecule has 1 fully saturated rings. The van der Waals surface area contributed by atoms with Crippen LogP contribution in [0.5, 0.6) is 0 Å². The highest BCUT2D eigenvalue weighted by Gasteiger charge is 2.35. The van der Waals surface area contributed by atoms with Crippen molar-refractivity contribution >= 4 is 5.91 Å². The average molecular weight is 339 g/mol. The molecule has 1 amide bonds. The number of carbonyl (C=O) groups is 1. The van der Waals surface area contributed by atoms with Crippen molar-refractivity contribution < 1.29 is 4.79 Å². The zero-order chi connectivity index (χ0) is 17.6. The van der Waals surface area contributed by atoms with Crippen LogP contribution in [0.3, 0.4) is 0 Å². The third-order valence-corrected chi connectivity index (χ3v) is 5.80. The first kappa shape index (κ1) is 16.2. The highest BCUT2D eigenvalue weighted by molar-refractivity contribution is 5.76. The van der Waals surface area contributed by atoms with Crippen LogP contribution in [0.2, 0.25) is 0 Å². The normalized spacial score (nSPS) is 21.9. The van der Waals surface area contributed by atoms with Crippen LogP contribution in [0.4, 0.5) is 0 Å². The average Bonchev–Trinajstić information content (AvgIpc) is 2.92. The van der Waals surface area contributed by atoms with E-state index >= 15 is 0 Å². The first-order chi connectivity index (χ1) is 12.0. The van der Waals surface area contributed by atoms with E-state index < -0.39 is 0 Å².